The Bertz CT molecular complexity index is 469. The molecule has 0 saturated carbocycles. The Morgan fingerprint density at radius 3 is 2.47 bits per heavy atom. The predicted molar refractivity (Wildman–Crippen MR) is 78.5 cm³/mol. The lowest BCUT2D eigenvalue weighted by atomic mass is 9.87. The van der Waals surface area contributed by atoms with Crippen molar-refractivity contribution in [3.05, 3.63) is 38.9 Å². The molecule has 4 nitrogen and oxygen atoms in total. The number of non-ortho nitro benzene ring substituents is 1. The van der Waals surface area contributed by atoms with Gasteiger partial charge in [-0.05, 0) is 31.0 Å². The maximum atomic E-state index is 10.8. The van der Waals surface area contributed by atoms with E-state index in [1.54, 1.807) is 12.1 Å². The predicted octanol–water partition coefficient (Wildman–Crippen LogP) is 4.11. The summed E-state index contributed by atoms with van der Waals surface area (Å²) >= 11 is 6.11. The van der Waals surface area contributed by atoms with E-state index in [2.05, 4.69) is 32.6 Å². The summed E-state index contributed by atoms with van der Waals surface area (Å²) in [6.45, 7) is 9.25. The number of nitro benzene ring substituents is 1. The van der Waals surface area contributed by atoms with Crippen LogP contribution in [0.4, 0.5) is 5.69 Å². The van der Waals surface area contributed by atoms with Gasteiger partial charge in [-0.1, -0.05) is 32.4 Å². The van der Waals surface area contributed by atoms with Crippen LogP contribution < -0.4 is 0 Å². The highest BCUT2D eigenvalue weighted by Crippen LogP contribution is 2.27. The quantitative estimate of drug-likeness (QED) is 0.617. The summed E-state index contributed by atoms with van der Waals surface area (Å²) in [6.07, 6.45) is 0. The molecule has 106 valence electrons. The molecule has 1 aromatic rings. The molecule has 0 aliphatic carbocycles. The van der Waals surface area contributed by atoms with Crippen molar-refractivity contribution in [1.82, 2.24) is 4.90 Å². The van der Waals surface area contributed by atoms with Crippen molar-refractivity contribution < 1.29 is 4.92 Å². The number of hydrogen-bond donors (Lipinski definition) is 0. The molecule has 5 heteroatoms. The van der Waals surface area contributed by atoms with Crippen molar-refractivity contribution in [2.45, 2.75) is 40.3 Å². The van der Waals surface area contributed by atoms with Gasteiger partial charge in [-0.25, -0.2) is 0 Å². The van der Waals surface area contributed by atoms with E-state index in [0.717, 1.165) is 5.56 Å². The third-order valence-corrected chi connectivity index (χ3v) is 3.94. The zero-order valence-corrected chi connectivity index (χ0v) is 12.9. The Morgan fingerprint density at radius 1 is 1.42 bits per heavy atom. The van der Waals surface area contributed by atoms with Crippen molar-refractivity contribution in [3.63, 3.8) is 0 Å². The van der Waals surface area contributed by atoms with Gasteiger partial charge in [0, 0.05) is 29.7 Å². The number of halogens is 1. The van der Waals surface area contributed by atoms with E-state index in [-0.39, 0.29) is 11.1 Å². The smallest absolute Gasteiger partial charge is 0.269 e. The second kappa shape index (κ2) is 5.88. The van der Waals surface area contributed by atoms with Crippen LogP contribution in [0.25, 0.3) is 0 Å². The van der Waals surface area contributed by atoms with Crippen LogP contribution >= 0.6 is 11.6 Å². The number of nitro groups is 1. The van der Waals surface area contributed by atoms with E-state index in [1.807, 2.05) is 7.05 Å². The van der Waals surface area contributed by atoms with Crippen molar-refractivity contribution in [1.29, 1.82) is 0 Å². The molecule has 0 aliphatic heterocycles. The van der Waals surface area contributed by atoms with Crippen LogP contribution in [0.3, 0.4) is 0 Å². The van der Waals surface area contributed by atoms with E-state index >= 15 is 0 Å². The van der Waals surface area contributed by atoms with Crippen LogP contribution in [0.15, 0.2) is 18.2 Å². The van der Waals surface area contributed by atoms with Crippen molar-refractivity contribution in [2.24, 2.45) is 5.41 Å². The monoisotopic (exact) mass is 284 g/mol. The molecule has 19 heavy (non-hydrogen) atoms. The second-order valence-corrected chi connectivity index (χ2v) is 6.40. The Morgan fingerprint density at radius 2 is 2.00 bits per heavy atom. The molecule has 0 amide bonds. The van der Waals surface area contributed by atoms with E-state index in [4.69, 9.17) is 11.6 Å². The van der Waals surface area contributed by atoms with Crippen LogP contribution in [0.1, 0.15) is 33.3 Å². The second-order valence-electron chi connectivity index (χ2n) is 5.99. The molecule has 0 N–H and O–H groups in total. The lowest BCUT2D eigenvalue weighted by Gasteiger charge is -2.35. The Labute approximate surface area is 119 Å². The Kier molecular flexibility index (Phi) is 4.93. The first-order valence-electron chi connectivity index (χ1n) is 6.26. The fourth-order valence-electron chi connectivity index (χ4n) is 1.86. The molecule has 0 saturated heterocycles. The summed E-state index contributed by atoms with van der Waals surface area (Å²) in [5.74, 6) is 0. The summed E-state index contributed by atoms with van der Waals surface area (Å²) in [6, 6.07) is 4.90. The molecule has 0 fully saturated rings. The first-order chi connectivity index (χ1) is 8.62. The molecule has 0 heterocycles. The summed E-state index contributed by atoms with van der Waals surface area (Å²) in [4.78, 5) is 12.6. The van der Waals surface area contributed by atoms with Crippen LogP contribution in [0, 0.1) is 15.5 Å². The average molecular weight is 285 g/mol. The summed E-state index contributed by atoms with van der Waals surface area (Å²) in [5.41, 5.74) is 1.01. The van der Waals surface area contributed by atoms with Gasteiger partial charge < -0.3 is 0 Å². The number of benzene rings is 1. The van der Waals surface area contributed by atoms with Crippen molar-refractivity contribution >= 4 is 17.3 Å². The SMILES string of the molecule is CC(N(C)Cc1cc([N+](=O)[O-])ccc1Cl)C(C)(C)C. The van der Waals surface area contributed by atoms with Gasteiger partial charge in [0.2, 0.25) is 0 Å². The molecular formula is C14H21ClN2O2. The van der Waals surface area contributed by atoms with E-state index < -0.39 is 4.92 Å². The zero-order valence-electron chi connectivity index (χ0n) is 12.1. The van der Waals surface area contributed by atoms with Gasteiger partial charge in [0.15, 0.2) is 0 Å². The van der Waals surface area contributed by atoms with Crippen LogP contribution in [-0.2, 0) is 6.54 Å². The van der Waals surface area contributed by atoms with Crippen LogP contribution in [0.2, 0.25) is 5.02 Å². The van der Waals surface area contributed by atoms with Gasteiger partial charge in [-0.3, -0.25) is 15.0 Å². The van der Waals surface area contributed by atoms with Gasteiger partial charge in [0.05, 0.1) is 4.92 Å². The highest BCUT2D eigenvalue weighted by Gasteiger charge is 2.24. The average Bonchev–Trinajstić information content (AvgIpc) is 2.29. The summed E-state index contributed by atoms with van der Waals surface area (Å²) in [7, 11) is 2.01. The molecular weight excluding hydrogens is 264 g/mol. The summed E-state index contributed by atoms with van der Waals surface area (Å²) in [5, 5.41) is 11.4. The number of hydrogen-bond acceptors (Lipinski definition) is 3. The minimum absolute atomic E-state index is 0.0798. The first kappa shape index (κ1) is 15.9. The summed E-state index contributed by atoms with van der Waals surface area (Å²) < 4.78 is 0. The third-order valence-electron chi connectivity index (χ3n) is 3.57. The maximum absolute atomic E-state index is 10.8. The van der Waals surface area contributed by atoms with E-state index in [9.17, 15) is 10.1 Å². The molecule has 0 radical (unpaired) electrons. The number of nitrogens with zero attached hydrogens (tertiary/aromatic N) is 2. The molecule has 0 aromatic heterocycles. The molecule has 1 aromatic carbocycles. The third kappa shape index (κ3) is 4.18. The number of rotatable bonds is 4. The van der Waals surface area contributed by atoms with E-state index in [0.29, 0.717) is 17.6 Å². The largest absolute Gasteiger partial charge is 0.299 e. The minimum Gasteiger partial charge on any atom is -0.299 e. The van der Waals surface area contributed by atoms with Gasteiger partial charge in [0.1, 0.15) is 0 Å². The fraction of sp³-hybridized carbons (Fsp3) is 0.571. The topological polar surface area (TPSA) is 46.4 Å². The standard InChI is InChI=1S/C14H21ClN2O2/c1-10(14(2,3)4)16(5)9-11-8-12(17(18)19)6-7-13(11)15/h6-8,10H,9H2,1-5H3. The lowest BCUT2D eigenvalue weighted by Crippen LogP contribution is -2.38. The normalized spacial score (nSPS) is 13.6. The highest BCUT2D eigenvalue weighted by atomic mass is 35.5. The van der Waals surface area contributed by atoms with Gasteiger partial charge in [-0.2, -0.15) is 0 Å². The highest BCUT2D eigenvalue weighted by molar-refractivity contribution is 6.31. The molecule has 0 aliphatic rings. The minimum atomic E-state index is -0.396. The first-order valence-corrected chi connectivity index (χ1v) is 6.63. The fourth-order valence-corrected chi connectivity index (χ4v) is 2.04. The molecule has 0 bridgehead atoms. The van der Waals surface area contributed by atoms with Gasteiger partial charge in [0.25, 0.3) is 5.69 Å². The zero-order chi connectivity index (χ0) is 14.8. The van der Waals surface area contributed by atoms with Crippen molar-refractivity contribution in [2.75, 3.05) is 7.05 Å². The van der Waals surface area contributed by atoms with Gasteiger partial charge >= 0.3 is 0 Å². The Hall–Kier alpha value is -1.13. The van der Waals surface area contributed by atoms with Crippen molar-refractivity contribution in [3.8, 4) is 0 Å². The van der Waals surface area contributed by atoms with Gasteiger partial charge in [-0.15, -0.1) is 0 Å². The van der Waals surface area contributed by atoms with E-state index in [1.165, 1.54) is 6.07 Å². The molecule has 1 unspecified atom stereocenters. The van der Waals surface area contributed by atoms with Crippen LogP contribution in [-0.4, -0.2) is 22.9 Å². The lowest BCUT2D eigenvalue weighted by molar-refractivity contribution is -0.384. The molecule has 1 atom stereocenters. The van der Waals surface area contributed by atoms with Crippen LogP contribution in [0.5, 0.6) is 0 Å². The molecule has 1 rings (SSSR count). The molecule has 0 spiro atoms. The Balaban J connectivity index is 2.93. The maximum Gasteiger partial charge on any atom is 0.269 e.